The summed E-state index contributed by atoms with van der Waals surface area (Å²) < 4.78 is 38.0. The van der Waals surface area contributed by atoms with Crippen LogP contribution in [0.5, 0.6) is 5.75 Å². The number of amides is 2. The van der Waals surface area contributed by atoms with Gasteiger partial charge in [-0.05, 0) is 112 Å². The first-order chi connectivity index (χ1) is 23.0. The van der Waals surface area contributed by atoms with Crippen molar-refractivity contribution in [3.63, 3.8) is 0 Å². The first-order valence-electron chi connectivity index (χ1n) is 16.9. The average molecular weight is 662 g/mol. The van der Waals surface area contributed by atoms with Gasteiger partial charge in [0.05, 0.1) is 12.8 Å². The van der Waals surface area contributed by atoms with E-state index in [1.165, 1.54) is 10.6 Å². The van der Waals surface area contributed by atoms with Gasteiger partial charge in [-0.1, -0.05) is 0 Å². The van der Waals surface area contributed by atoms with Crippen LogP contribution in [-0.4, -0.2) is 60.6 Å². The van der Waals surface area contributed by atoms with Gasteiger partial charge in [-0.3, -0.25) is 24.6 Å². The van der Waals surface area contributed by atoms with Gasteiger partial charge in [0.1, 0.15) is 23.4 Å². The highest BCUT2D eigenvalue weighted by atomic mass is 19.1. The van der Waals surface area contributed by atoms with Crippen molar-refractivity contribution < 1.29 is 23.1 Å². The second-order valence-corrected chi connectivity index (χ2v) is 13.6. The molecule has 3 aliphatic heterocycles. The molecular weight excluding hydrogens is 616 g/mol. The Morgan fingerprint density at radius 3 is 2.23 bits per heavy atom. The molecule has 6 rings (SSSR count). The van der Waals surface area contributed by atoms with Gasteiger partial charge in [0, 0.05) is 61.7 Å². The number of nitrogens with one attached hydrogen (secondary N) is 2. The number of imide groups is 1. The predicted octanol–water partition coefficient (Wildman–Crippen LogP) is 5.30. The first-order valence-corrected chi connectivity index (χ1v) is 16.9. The lowest BCUT2D eigenvalue weighted by molar-refractivity contribution is -0.133. The third kappa shape index (κ3) is 6.97. The summed E-state index contributed by atoms with van der Waals surface area (Å²) in [6, 6.07) is 7.87. The van der Waals surface area contributed by atoms with Crippen LogP contribution in [0.15, 0.2) is 41.3 Å². The fourth-order valence-electron chi connectivity index (χ4n) is 7.67. The number of rotatable bonds is 8. The minimum absolute atomic E-state index is 0.0592. The predicted molar refractivity (Wildman–Crippen MR) is 182 cm³/mol. The molecule has 3 aromatic rings. The zero-order valence-electron chi connectivity index (χ0n) is 28.2. The van der Waals surface area contributed by atoms with Crippen LogP contribution >= 0.6 is 0 Å². The highest BCUT2D eigenvalue weighted by molar-refractivity contribution is 6.01. The lowest BCUT2D eigenvalue weighted by atomic mass is 9.78. The third-order valence-electron chi connectivity index (χ3n) is 10.7. The van der Waals surface area contributed by atoms with E-state index in [0.717, 1.165) is 63.0 Å². The van der Waals surface area contributed by atoms with Crippen molar-refractivity contribution in [1.29, 1.82) is 0 Å². The zero-order valence-corrected chi connectivity index (χ0v) is 28.2. The van der Waals surface area contributed by atoms with Crippen molar-refractivity contribution in [2.75, 3.05) is 43.5 Å². The quantitative estimate of drug-likeness (QED) is 0.317. The molecule has 3 aliphatic rings. The Morgan fingerprint density at radius 2 is 1.58 bits per heavy atom. The lowest BCUT2D eigenvalue weighted by Gasteiger charge is -2.41. The van der Waals surface area contributed by atoms with Gasteiger partial charge in [0.25, 0.3) is 5.56 Å². The summed E-state index contributed by atoms with van der Waals surface area (Å²) in [5, 5.41) is 5.37. The van der Waals surface area contributed by atoms with E-state index in [9.17, 15) is 14.4 Å². The van der Waals surface area contributed by atoms with E-state index in [0.29, 0.717) is 58.6 Å². The number of hydrogen-bond acceptors (Lipinski definition) is 7. The van der Waals surface area contributed by atoms with Crippen LogP contribution in [0.4, 0.5) is 20.2 Å². The summed E-state index contributed by atoms with van der Waals surface area (Å²) in [6.45, 7) is 7.48. The second-order valence-electron chi connectivity index (χ2n) is 13.6. The molecule has 2 N–H and O–H groups in total. The van der Waals surface area contributed by atoms with E-state index in [2.05, 4.69) is 20.4 Å². The molecule has 3 saturated heterocycles. The number of anilines is 2. The summed E-state index contributed by atoms with van der Waals surface area (Å²) in [7, 11) is 3.27. The van der Waals surface area contributed by atoms with Crippen LogP contribution in [0.1, 0.15) is 55.2 Å². The molecule has 2 amide bonds. The van der Waals surface area contributed by atoms with Gasteiger partial charge in [0.15, 0.2) is 0 Å². The van der Waals surface area contributed by atoms with Crippen LogP contribution in [0, 0.1) is 37.3 Å². The number of likely N-dealkylation sites (tertiary alicyclic amines) is 1. The van der Waals surface area contributed by atoms with Crippen molar-refractivity contribution in [1.82, 2.24) is 14.8 Å². The number of methoxy groups -OCH3 is 1. The lowest BCUT2D eigenvalue weighted by Crippen LogP contribution is -2.47. The second kappa shape index (κ2) is 14.1. The molecule has 48 heavy (non-hydrogen) atoms. The number of carbonyl (C=O) groups is 2. The molecule has 1 unspecified atom stereocenters. The highest BCUT2D eigenvalue weighted by Gasteiger charge is 2.31. The Balaban J connectivity index is 1.02. The van der Waals surface area contributed by atoms with Gasteiger partial charge >= 0.3 is 0 Å². The minimum Gasteiger partial charge on any atom is -0.496 e. The van der Waals surface area contributed by atoms with E-state index in [-0.39, 0.29) is 35.4 Å². The van der Waals surface area contributed by atoms with Crippen molar-refractivity contribution in [3.8, 4) is 16.9 Å². The van der Waals surface area contributed by atoms with Crippen LogP contribution in [0.25, 0.3) is 11.1 Å². The number of pyridine rings is 1. The Hall–Kier alpha value is -4.25. The minimum atomic E-state index is -0.552. The molecule has 9 nitrogen and oxygen atoms in total. The number of nitrogens with zero attached hydrogens (tertiary/aromatic N) is 3. The van der Waals surface area contributed by atoms with E-state index in [1.54, 1.807) is 45.5 Å². The molecule has 256 valence electrons. The molecule has 2 aromatic carbocycles. The van der Waals surface area contributed by atoms with E-state index < -0.39 is 6.04 Å². The Labute approximate surface area is 280 Å². The number of halogens is 2. The molecule has 1 aromatic heterocycles. The Morgan fingerprint density at radius 1 is 0.896 bits per heavy atom. The van der Waals surface area contributed by atoms with Crippen LogP contribution in [0.2, 0.25) is 0 Å². The van der Waals surface area contributed by atoms with Gasteiger partial charge < -0.3 is 19.5 Å². The molecule has 0 aliphatic carbocycles. The number of ether oxygens (including phenoxy) is 1. The third-order valence-corrected chi connectivity index (χ3v) is 10.7. The maximum absolute atomic E-state index is 15.6. The summed E-state index contributed by atoms with van der Waals surface area (Å²) in [5.74, 6) is 0.367. The topological polar surface area (TPSA) is 95.9 Å². The highest BCUT2D eigenvalue weighted by Crippen LogP contribution is 2.37. The number of carbonyl (C=O) groups excluding carboxylic acids is 2. The fraction of sp³-hybridized carbons (Fsp3) is 0.486. The SMILES string of the molecule is COc1cc(-c2cn(C)c(=O)c(C)c2C)cc(F)c1CN1CCC(C2CCN(c3ccc(NC4CCC(=O)NC4=O)cc3F)CC2)CC1. The Bertz CT molecular complexity index is 1760. The maximum Gasteiger partial charge on any atom is 0.253 e. The molecule has 1 atom stereocenters. The summed E-state index contributed by atoms with van der Waals surface area (Å²) in [6.07, 6.45) is 6.47. The molecule has 4 heterocycles. The fourth-order valence-corrected chi connectivity index (χ4v) is 7.67. The van der Waals surface area contributed by atoms with Gasteiger partial charge in [-0.15, -0.1) is 0 Å². The van der Waals surface area contributed by atoms with E-state index in [4.69, 9.17) is 4.74 Å². The number of aromatic nitrogens is 1. The normalized spacial score (nSPS) is 19.8. The van der Waals surface area contributed by atoms with Crippen LogP contribution < -0.4 is 25.8 Å². The van der Waals surface area contributed by atoms with Crippen molar-refractivity contribution in [2.24, 2.45) is 18.9 Å². The molecule has 0 spiro atoms. The Kier molecular flexibility index (Phi) is 9.87. The van der Waals surface area contributed by atoms with Gasteiger partial charge in [0.2, 0.25) is 11.8 Å². The number of benzene rings is 2. The summed E-state index contributed by atoms with van der Waals surface area (Å²) >= 11 is 0. The maximum atomic E-state index is 15.6. The molecule has 3 fully saturated rings. The van der Waals surface area contributed by atoms with Gasteiger partial charge in [-0.25, -0.2) is 8.78 Å². The van der Waals surface area contributed by atoms with E-state index >= 15 is 8.78 Å². The smallest absolute Gasteiger partial charge is 0.253 e. The standard InChI is InChI=1S/C37H45F2N5O4/c1-22-23(2)37(47)42(3)20-28(22)26-17-30(38)29(34(18-26)48-4)21-43-13-9-24(10-14-43)25-11-15-44(16-12-25)33-7-5-27(19-31(33)39)40-32-6-8-35(45)41-36(32)46/h5,7,17-20,24-25,32,40H,6,8-16,21H2,1-4H3,(H,41,45,46). The van der Waals surface area contributed by atoms with Crippen LogP contribution in [0.3, 0.4) is 0 Å². The summed E-state index contributed by atoms with van der Waals surface area (Å²) in [5.41, 5.74) is 4.57. The molecule has 0 saturated carbocycles. The monoisotopic (exact) mass is 661 g/mol. The average Bonchev–Trinajstić information content (AvgIpc) is 3.08. The van der Waals surface area contributed by atoms with Crippen LogP contribution in [-0.2, 0) is 23.2 Å². The number of aryl methyl sites for hydroxylation is 1. The largest absolute Gasteiger partial charge is 0.496 e. The molecule has 11 heteroatoms. The van der Waals surface area contributed by atoms with E-state index in [1.807, 2.05) is 13.0 Å². The molecule has 0 radical (unpaired) electrons. The number of hydrogen-bond donors (Lipinski definition) is 2. The summed E-state index contributed by atoms with van der Waals surface area (Å²) in [4.78, 5) is 40.2. The van der Waals surface area contributed by atoms with Crippen molar-refractivity contribution >= 4 is 23.2 Å². The van der Waals surface area contributed by atoms with Crippen molar-refractivity contribution in [2.45, 2.75) is 65.0 Å². The zero-order chi connectivity index (χ0) is 34.1. The van der Waals surface area contributed by atoms with Gasteiger partial charge in [-0.2, -0.15) is 0 Å². The number of piperidine rings is 3. The van der Waals surface area contributed by atoms with Crippen molar-refractivity contribution in [3.05, 3.63) is 75.2 Å². The molecule has 0 bridgehead atoms. The first kappa shape index (κ1) is 33.6. The molecular formula is C37H45F2N5O4.